The van der Waals surface area contributed by atoms with E-state index in [0.717, 1.165) is 11.1 Å². The SMILES string of the molecule is CCOC(=O)/C=C/C=C(\C)[C@H](C)[C@H](O)c1ccc(OCCO)cc1. The van der Waals surface area contributed by atoms with E-state index in [9.17, 15) is 9.90 Å². The third kappa shape index (κ3) is 6.56. The highest BCUT2D eigenvalue weighted by Gasteiger charge is 2.17. The first-order valence-corrected chi connectivity index (χ1v) is 8.02. The molecule has 0 bridgehead atoms. The van der Waals surface area contributed by atoms with Crippen molar-refractivity contribution in [3.05, 3.63) is 53.6 Å². The maximum atomic E-state index is 11.2. The molecule has 2 atom stereocenters. The van der Waals surface area contributed by atoms with Gasteiger partial charge in [-0.3, -0.25) is 0 Å². The van der Waals surface area contributed by atoms with Gasteiger partial charge in [-0.1, -0.05) is 36.8 Å². The van der Waals surface area contributed by atoms with Gasteiger partial charge in [-0.25, -0.2) is 4.79 Å². The zero-order chi connectivity index (χ0) is 17.9. The lowest BCUT2D eigenvalue weighted by Gasteiger charge is -2.20. The van der Waals surface area contributed by atoms with Gasteiger partial charge < -0.3 is 19.7 Å². The first-order valence-electron chi connectivity index (χ1n) is 8.02. The van der Waals surface area contributed by atoms with E-state index in [1.807, 2.05) is 13.8 Å². The maximum absolute atomic E-state index is 11.2. The summed E-state index contributed by atoms with van der Waals surface area (Å²) >= 11 is 0. The van der Waals surface area contributed by atoms with E-state index in [4.69, 9.17) is 14.6 Å². The molecule has 24 heavy (non-hydrogen) atoms. The monoisotopic (exact) mass is 334 g/mol. The maximum Gasteiger partial charge on any atom is 0.330 e. The smallest absolute Gasteiger partial charge is 0.330 e. The molecule has 0 heterocycles. The van der Waals surface area contributed by atoms with Crippen molar-refractivity contribution in [2.45, 2.75) is 26.9 Å². The van der Waals surface area contributed by atoms with Crippen molar-refractivity contribution < 1.29 is 24.5 Å². The number of esters is 1. The van der Waals surface area contributed by atoms with Crippen molar-refractivity contribution in [1.82, 2.24) is 0 Å². The fourth-order valence-electron chi connectivity index (χ4n) is 2.08. The van der Waals surface area contributed by atoms with Crippen LogP contribution in [0.5, 0.6) is 5.75 Å². The van der Waals surface area contributed by atoms with Gasteiger partial charge in [0.1, 0.15) is 12.4 Å². The molecule has 5 heteroatoms. The van der Waals surface area contributed by atoms with E-state index < -0.39 is 6.10 Å². The molecule has 0 spiro atoms. The number of aliphatic hydroxyl groups excluding tert-OH is 2. The Morgan fingerprint density at radius 1 is 1.29 bits per heavy atom. The molecule has 1 aromatic carbocycles. The molecule has 132 valence electrons. The topological polar surface area (TPSA) is 76.0 Å². The van der Waals surface area contributed by atoms with Crippen molar-refractivity contribution in [2.24, 2.45) is 5.92 Å². The van der Waals surface area contributed by atoms with Crippen LogP contribution in [0.4, 0.5) is 0 Å². The summed E-state index contributed by atoms with van der Waals surface area (Å²) in [4.78, 5) is 11.2. The Balaban J connectivity index is 2.68. The summed E-state index contributed by atoms with van der Waals surface area (Å²) in [6.45, 7) is 6.13. The Bertz CT molecular complexity index is 560. The van der Waals surface area contributed by atoms with Gasteiger partial charge in [0.25, 0.3) is 0 Å². The predicted octanol–water partition coefficient (Wildman–Crippen LogP) is 2.79. The van der Waals surface area contributed by atoms with Crippen LogP contribution in [0, 0.1) is 5.92 Å². The molecular formula is C19H26O5. The second-order valence-electron chi connectivity index (χ2n) is 5.40. The van der Waals surface area contributed by atoms with Crippen LogP contribution in [0.15, 0.2) is 48.1 Å². The highest BCUT2D eigenvalue weighted by Crippen LogP contribution is 2.28. The second-order valence-corrected chi connectivity index (χ2v) is 5.40. The lowest BCUT2D eigenvalue weighted by Crippen LogP contribution is -2.10. The van der Waals surface area contributed by atoms with Crippen molar-refractivity contribution >= 4 is 5.97 Å². The van der Waals surface area contributed by atoms with Crippen LogP contribution < -0.4 is 4.74 Å². The van der Waals surface area contributed by atoms with E-state index in [0.29, 0.717) is 12.4 Å². The molecular weight excluding hydrogens is 308 g/mol. The number of aliphatic hydroxyl groups is 2. The number of benzene rings is 1. The van der Waals surface area contributed by atoms with Crippen LogP contribution in [0.3, 0.4) is 0 Å². The summed E-state index contributed by atoms with van der Waals surface area (Å²) in [5, 5.41) is 19.2. The molecule has 2 N–H and O–H groups in total. The minimum Gasteiger partial charge on any atom is -0.491 e. The largest absolute Gasteiger partial charge is 0.491 e. The van der Waals surface area contributed by atoms with Crippen molar-refractivity contribution in [2.75, 3.05) is 19.8 Å². The number of rotatable bonds is 9. The van der Waals surface area contributed by atoms with Gasteiger partial charge in [0, 0.05) is 12.0 Å². The molecule has 0 aliphatic rings. The number of carbonyl (C=O) groups is 1. The summed E-state index contributed by atoms with van der Waals surface area (Å²) in [6, 6.07) is 7.13. The fraction of sp³-hybridized carbons (Fsp3) is 0.421. The molecule has 0 aliphatic carbocycles. The zero-order valence-corrected chi connectivity index (χ0v) is 14.4. The minimum atomic E-state index is -0.663. The van der Waals surface area contributed by atoms with Crippen molar-refractivity contribution in [1.29, 1.82) is 0 Å². The highest BCUT2D eigenvalue weighted by molar-refractivity contribution is 5.82. The fourth-order valence-corrected chi connectivity index (χ4v) is 2.08. The summed E-state index contributed by atoms with van der Waals surface area (Å²) in [5.74, 6) is 0.159. The Morgan fingerprint density at radius 3 is 2.54 bits per heavy atom. The molecule has 0 aromatic heterocycles. The van der Waals surface area contributed by atoms with Crippen LogP contribution in [0.25, 0.3) is 0 Å². The number of carbonyl (C=O) groups excluding carboxylic acids is 1. The van der Waals surface area contributed by atoms with Crippen LogP contribution in [0.1, 0.15) is 32.4 Å². The first-order chi connectivity index (χ1) is 11.5. The molecule has 1 rings (SSSR count). The summed E-state index contributed by atoms with van der Waals surface area (Å²) < 4.78 is 10.1. The average Bonchev–Trinajstić information content (AvgIpc) is 2.59. The number of ether oxygens (including phenoxy) is 2. The van der Waals surface area contributed by atoms with E-state index in [-0.39, 0.29) is 25.1 Å². The first kappa shape index (κ1) is 19.9. The van der Waals surface area contributed by atoms with Gasteiger partial charge in [0.05, 0.1) is 19.3 Å². The van der Waals surface area contributed by atoms with E-state index >= 15 is 0 Å². The van der Waals surface area contributed by atoms with E-state index in [2.05, 4.69) is 0 Å². The molecule has 5 nitrogen and oxygen atoms in total. The normalized spacial score (nSPS) is 14.5. The molecule has 0 fully saturated rings. The highest BCUT2D eigenvalue weighted by atomic mass is 16.5. The third-order valence-corrected chi connectivity index (χ3v) is 3.65. The Labute approximate surface area is 143 Å². The number of hydrogen-bond acceptors (Lipinski definition) is 5. The van der Waals surface area contributed by atoms with Crippen LogP contribution >= 0.6 is 0 Å². The van der Waals surface area contributed by atoms with Crippen molar-refractivity contribution in [3.8, 4) is 5.75 Å². The molecule has 0 radical (unpaired) electrons. The third-order valence-electron chi connectivity index (χ3n) is 3.65. The molecule has 0 saturated heterocycles. The zero-order valence-electron chi connectivity index (χ0n) is 14.4. The predicted molar refractivity (Wildman–Crippen MR) is 92.7 cm³/mol. The quantitative estimate of drug-likeness (QED) is 0.412. The minimum absolute atomic E-state index is 0.0370. The Kier molecular flexibility index (Phi) is 8.83. The van der Waals surface area contributed by atoms with Gasteiger partial charge in [0.15, 0.2) is 0 Å². The molecule has 0 saturated carbocycles. The molecule has 0 unspecified atom stereocenters. The Morgan fingerprint density at radius 2 is 1.96 bits per heavy atom. The average molecular weight is 334 g/mol. The van der Waals surface area contributed by atoms with E-state index in [1.54, 1.807) is 43.3 Å². The lowest BCUT2D eigenvalue weighted by molar-refractivity contribution is -0.137. The summed E-state index contributed by atoms with van der Waals surface area (Å²) in [7, 11) is 0. The van der Waals surface area contributed by atoms with Crippen LogP contribution in [-0.4, -0.2) is 36.0 Å². The van der Waals surface area contributed by atoms with Gasteiger partial charge in [-0.15, -0.1) is 0 Å². The van der Waals surface area contributed by atoms with Crippen LogP contribution in [0.2, 0.25) is 0 Å². The van der Waals surface area contributed by atoms with Gasteiger partial charge >= 0.3 is 5.97 Å². The van der Waals surface area contributed by atoms with Gasteiger partial charge in [-0.05, 0) is 31.5 Å². The number of allylic oxidation sites excluding steroid dienone is 2. The lowest BCUT2D eigenvalue weighted by atomic mass is 9.91. The standard InChI is InChI=1S/C19H26O5/c1-4-23-18(21)7-5-6-14(2)15(3)19(22)16-8-10-17(11-9-16)24-13-12-20/h5-11,15,19-20,22H,4,12-13H2,1-3H3/b7-5+,14-6+/t15-,19-/m0/s1. The van der Waals surface area contributed by atoms with E-state index in [1.165, 1.54) is 6.08 Å². The summed E-state index contributed by atoms with van der Waals surface area (Å²) in [6.07, 6.45) is 4.12. The number of hydrogen-bond donors (Lipinski definition) is 2. The van der Waals surface area contributed by atoms with Gasteiger partial charge in [-0.2, -0.15) is 0 Å². The molecule has 0 aliphatic heterocycles. The second kappa shape index (κ2) is 10.6. The molecule has 0 amide bonds. The Hall–Kier alpha value is -2.11. The van der Waals surface area contributed by atoms with Gasteiger partial charge in [0.2, 0.25) is 0 Å². The summed E-state index contributed by atoms with van der Waals surface area (Å²) in [5.41, 5.74) is 1.73. The van der Waals surface area contributed by atoms with Crippen LogP contribution in [-0.2, 0) is 9.53 Å². The molecule has 1 aromatic rings. The van der Waals surface area contributed by atoms with Crippen molar-refractivity contribution in [3.63, 3.8) is 0 Å².